The number of para-hydroxylation sites is 2. The molecule has 0 atom stereocenters. The first-order valence-electron chi connectivity index (χ1n) is 9.27. The molecule has 0 saturated carbocycles. The van der Waals surface area contributed by atoms with Crippen molar-refractivity contribution in [3.05, 3.63) is 97.1 Å². The van der Waals surface area contributed by atoms with E-state index in [1.54, 1.807) is 72.8 Å². The molecule has 0 heterocycles. The van der Waals surface area contributed by atoms with Crippen molar-refractivity contribution in [2.75, 3.05) is 11.5 Å². The maximum Gasteiger partial charge on any atom is 0.143 e. The summed E-state index contributed by atoms with van der Waals surface area (Å²) in [4.78, 5) is 1.09. The van der Waals surface area contributed by atoms with E-state index in [-0.39, 0.29) is 0 Å². The van der Waals surface area contributed by atoms with Crippen molar-refractivity contribution < 1.29 is 13.7 Å². The van der Waals surface area contributed by atoms with Crippen LogP contribution in [0.3, 0.4) is 0 Å². The van der Waals surface area contributed by atoms with Gasteiger partial charge in [-0.3, -0.25) is 0 Å². The lowest BCUT2D eigenvalue weighted by Gasteiger charge is -2.14. The fourth-order valence-corrected chi connectivity index (χ4v) is 4.05. The number of nitrogen functional groups attached to an aromatic ring is 2. The third kappa shape index (κ3) is 4.45. The highest BCUT2D eigenvalue weighted by atomic mass is 32.2. The highest BCUT2D eigenvalue weighted by Crippen LogP contribution is 2.35. The highest BCUT2D eigenvalue weighted by Gasteiger charge is 2.18. The van der Waals surface area contributed by atoms with Crippen molar-refractivity contribution >= 4 is 22.2 Å². The molecule has 0 aliphatic heterocycles. The lowest BCUT2D eigenvalue weighted by atomic mass is 10.3. The van der Waals surface area contributed by atoms with Crippen molar-refractivity contribution in [3.8, 4) is 23.0 Å². The largest absolute Gasteiger partial charge is 0.456 e. The van der Waals surface area contributed by atoms with E-state index < -0.39 is 10.8 Å². The molecule has 150 valence electrons. The van der Waals surface area contributed by atoms with Gasteiger partial charge in [-0.05, 0) is 72.8 Å². The van der Waals surface area contributed by atoms with E-state index in [1.807, 2.05) is 24.3 Å². The zero-order valence-electron chi connectivity index (χ0n) is 16.0. The van der Waals surface area contributed by atoms with E-state index in [2.05, 4.69) is 0 Å². The molecule has 4 rings (SSSR count). The molecule has 0 bridgehead atoms. The molecule has 0 fully saturated rings. The van der Waals surface area contributed by atoms with Gasteiger partial charge in [0.15, 0.2) is 0 Å². The fraction of sp³-hybridized carbons (Fsp3) is 0. The molecule has 5 nitrogen and oxygen atoms in total. The maximum atomic E-state index is 13.5. The van der Waals surface area contributed by atoms with Gasteiger partial charge in [-0.2, -0.15) is 0 Å². The minimum Gasteiger partial charge on any atom is -0.456 e. The highest BCUT2D eigenvalue weighted by molar-refractivity contribution is 7.85. The Labute approximate surface area is 177 Å². The molecule has 30 heavy (non-hydrogen) atoms. The summed E-state index contributed by atoms with van der Waals surface area (Å²) in [6.07, 6.45) is 0. The first-order chi connectivity index (χ1) is 14.6. The monoisotopic (exact) mass is 416 g/mol. The minimum atomic E-state index is -1.53. The number of hydrogen-bond donors (Lipinski definition) is 2. The summed E-state index contributed by atoms with van der Waals surface area (Å²) in [5, 5.41) is 0. The summed E-state index contributed by atoms with van der Waals surface area (Å²) >= 11 is 0. The molecule has 0 unspecified atom stereocenters. The second kappa shape index (κ2) is 8.71. The molecule has 0 spiro atoms. The van der Waals surface area contributed by atoms with Gasteiger partial charge in [-0.15, -0.1) is 0 Å². The van der Waals surface area contributed by atoms with Gasteiger partial charge < -0.3 is 20.9 Å². The van der Waals surface area contributed by atoms with Crippen LogP contribution in [-0.2, 0) is 10.8 Å². The molecule has 4 aromatic carbocycles. The lowest BCUT2D eigenvalue weighted by Crippen LogP contribution is -1.99. The van der Waals surface area contributed by atoms with Crippen molar-refractivity contribution in [3.63, 3.8) is 0 Å². The molecular formula is C24H20N2O3S. The first-order valence-corrected chi connectivity index (χ1v) is 10.4. The van der Waals surface area contributed by atoms with Gasteiger partial charge in [0.05, 0.1) is 20.6 Å². The van der Waals surface area contributed by atoms with Crippen molar-refractivity contribution in [2.45, 2.75) is 9.79 Å². The molecular weight excluding hydrogens is 396 g/mol. The van der Waals surface area contributed by atoms with E-state index >= 15 is 0 Å². The minimum absolute atomic E-state index is 0.503. The Morgan fingerprint density at radius 3 is 1.30 bits per heavy atom. The molecule has 0 saturated heterocycles. The van der Waals surface area contributed by atoms with E-state index in [4.69, 9.17) is 20.9 Å². The normalized spacial score (nSPS) is 10.7. The average molecular weight is 417 g/mol. The van der Waals surface area contributed by atoms with Crippen molar-refractivity contribution in [2.24, 2.45) is 0 Å². The number of ether oxygens (including phenoxy) is 2. The number of anilines is 2. The van der Waals surface area contributed by atoms with Crippen molar-refractivity contribution in [1.82, 2.24) is 0 Å². The molecule has 6 heteroatoms. The smallest absolute Gasteiger partial charge is 0.143 e. The van der Waals surface area contributed by atoms with Gasteiger partial charge >= 0.3 is 0 Å². The predicted octanol–water partition coefficient (Wildman–Crippen LogP) is 5.60. The Kier molecular flexibility index (Phi) is 5.68. The van der Waals surface area contributed by atoms with Crippen LogP contribution in [0.5, 0.6) is 23.0 Å². The van der Waals surface area contributed by atoms with E-state index in [0.717, 1.165) is 0 Å². The summed E-state index contributed by atoms with van der Waals surface area (Å²) in [5.41, 5.74) is 12.8. The quantitative estimate of drug-likeness (QED) is 0.399. The lowest BCUT2D eigenvalue weighted by molar-refractivity contribution is 0.466. The van der Waals surface area contributed by atoms with Gasteiger partial charge in [0.25, 0.3) is 0 Å². The molecule has 0 aliphatic rings. The molecule has 0 amide bonds. The Morgan fingerprint density at radius 1 is 0.533 bits per heavy atom. The van der Waals surface area contributed by atoms with Crippen LogP contribution in [0.25, 0.3) is 0 Å². The molecule has 4 aromatic rings. The standard InChI is InChI=1S/C24H20N2O3S/c25-17-9-13-19(14-10-17)28-21-5-1-3-7-23(21)30(27)24-8-4-2-6-22(24)29-20-15-11-18(26)12-16-20/h1-16H,25-26H2. The van der Waals surface area contributed by atoms with Gasteiger partial charge in [0, 0.05) is 11.4 Å². The summed E-state index contributed by atoms with van der Waals surface area (Å²) in [6.45, 7) is 0. The van der Waals surface area contributed by atoms with Crippen LogP contribution in [0.2, 0.25) is 0 Å². The molecule has 4 N–H and O–H groups in total. The van der Waals surface area contributed by atoms with Crippen LogP contribution >= 0.6 is 0 Å². The Hall–Kier alpha value is -3.77. The topological polar surface area (TPSA) is 87.6 Å². The van der Waals surface area contributed by atoms with E-state index in [0.29, 0.717) is 44.2 Å². The van der Waals surface area contributed by atoms with Crippen LogP contribution in [0.1, 0.15) is 0 Å². The van der Waals surface area contributed by atoms with Crippen LogP contribution in [-0.4, -0.2) is 4.21 Å². The number of hydrogen-bond acceptors (Lipinski definition) is 5. The van der Waals surface area contributed by atoms with Gasteiger partial charge in [0.2, 0.25) is 0 Å². The Bertz CT molecular complexity index is 1080. The number of rotatable bonds is 6. The zero-order valence-corrected chi connectivity index (χ0v) is 16.8. The van der Waals surface area contributed by atoms with Crippen LogP contribution in [0.15, 0.2) is 107 Å². The maximum absolute atomic E-state index is 13.5. The summed E-state index contributed by atoms with van der Waals surface area (Å²) in [7, 11) is -1.53. The van der Waals surface area contributed by atoms with Crippen LogP contribution in [0.4, 0.5) is 11.4 Å². The summed E-state index contributed by atoms with van der Waals surface area (Å²) in [6, 6.07) is 28.6. The fourth-order valence-electron chi connectivity index (χ4n) is 2.82. The van der Waals surface area contributed by atoms with E-state index in [1.165, 1.54) is 0 Å². The van der Waals surface area contributed by atoms with Gasteiger partial charge in [-0.1, -0.05) is 24.3 Å². The molecule has 0 radical (unpaired) electrons. The average Bonchev–Trinajstić information content (AvgIpc) is 2.77. The Morgan fingerprint density at radius 2 is 0.900 bits per heavy atom. The summed E-state index contributed by atoms with van der Waals surface area (Å²) in [5.74, 6) is 2.23. The third-order valence-corrected chi connectivity index (χ3v) is 5.79. The van der Waals surface area contributed by atoms with Gasteiger partial charge in [-0.25, -0.2) is 4.21 Å². The summed E-state index contributed by atoms with van der Waals surface area (Å²) < 4.78 is 25.4. The number of benzene rings is 4. The van der Waals surface area contributed by atoms with Crippen LogP contribution < -0.4 is 20.9 Å². The number of nitrogens with two attached hydrogens (primary N) is 2. The van der Waals surface area contributed by atoms with E-state index in [9.17, 15) is 4.21 Å². The first kappa shape index (κ1) is 19.5. The molecule has 0 aliphatic carbocycles. The second-order valence-corrected chi connectivity index (χ2v) is 7.92. The SMILES string of the molecule is Nc1ccc(Oc2ccccc2S(=O)c2ccccc2Oc2ccc(N)cc2)cc1. The van der Waals surface area contributed by atoms with Gasteiger partial charge in [0.1, 0.15) is 23.0 Å². The molecule has 0 aromatic heterocycles. The zero-order chi connectivity index (χ0) is 20.9. The predicted molar refractivity (Wildman–Crippen MR) is 119 cm³/mol. The van der Waals surface area contributed by atoms with Crippen molar-refractivity contribution in [1.29, 1.82) is 0 Å². The Balaban J connectivity index is 1.65. The third-order valence-electron chi connectivity index (χ3n) is 4.31. The van der Waals surface area contributed by atoms with Crippen LogP contribution in [0, 0.1) is 0 Å². The second-order valence-electron chi connectivity index (χ2n) is 6.50.